The van der Waals surface area contributed by atoms with Crippen molar-refractivity contribution in [1.82, 2.24) is 14.9 Å². The summed E-state index contributed by atoms with van der Waals surface area (Å²) in [6.07, 6.45) is 8.75. The first-order valence-corrected chi connectivity index (χ1v) is 8.01. The Morgan fingerprint density at radius 2 is 2.25 bits per heavy atom. The number of aromatic nitrogens is 2. The van der Waals surface area contributed by atoms with Gasteiger partial charge in [0.2, 0.25) is 0 Å². The molecule has 0 aliphatic rings. The van der Waals surface area contributed by atoms with Crippen molar-refractivity contribution in [3.8, 4) is 0 Å². The van der Waals surface area contributed by atoms with E-state index in [0.717, 1.165) is 48.4 Å². The molecule has 0 saturated heterocycles. The van der Waals surface area contributed by atoms with Gasteiger partial charge in [-0.1, -0.05) is 13.8 Å². The van der Waals surface area contributed by atoms with Crippen molar-refractivity contribution >= 4 is 15.9 Å². The van der Waals surface area contributed by atoms with E-state index < -0.39 is 0 Å². The Labute approximate surface area is 128 Å². The Hall–Kier alpha value is -1.07. The van der Waals surface area contributed by atoms with Gasteiger partial charge in [0.1, 0.15) is 5.82 Å². The van der Waals surface area contributed by atoms with Crippen molar-refractivity contribution in [2.45, 2.75) is 45.7 Å². The lowest BCUT2D eigenvalue weighted by Crippen LogP contribution is -2.25. The number of hydrogen-bond donors (Lipinski definition) is 1. The van der Waals surface area contributed by atoms with Crippen molar-refractivity contribution in [2.24, 2.45) is 0 Å². The molecule has 5 heteroatoms. The highest BCUT2D eigenvalue weighted by molar-refractivity contribution is 9.10. The first kappa shape index (κ1) is 15.3. The normalized spacial score (nSPS) is 12.8. The number of aryl methyl sites for hydroxylation is 1. The van der Waals surface area contributed by atoms with E-state index in [1.165, 1.54) is 0 Å². The van der Waals surface area contributed by atoms with Crippen molar-refractivity contribution in [3.63, 3.8) is 0 Å². The predicted octanol–water partition coefficient (Wildman–Crippen LogP) is 3.93. The molecule has 2 aromatic heterocycles. The fraction of sp³-hybridized carbons (Fsp3) is 0.533. The van der Waals surface area contributed by atoms with Crippen molar-refractivity contribution < 1.29 is 4.42 Å². The molecule has 1 unspecified atom stereocenters. The molecule has 0 spiro atoms. The van der Waals surface area contributed by atoms with Gasteiger partial charge in [-0.15, -0.1) is 0 Å². The van der Waals surface area contributed by atoms with Crippen LogP contribution in [0.15, 0.2) is 33.8 Å². The molecule has 1 atom stereocenters. The molecule has 2 aromatic rings. The van der Waals surface area contributed by atoms with Crippen molar-refractivity contribution in [1.29, 1.82) is 0 Å². The Morgan fingerprint density at radius 3 is 2.90 bits per heavy atom. The molecule has 2 rings (SSSR count). The molecular weight excluding hydrogens is 318 g/mol. The van der Waals surface area contributed by atoms with Gasteiger partial charge in [-0.05, 0) is 41.4 Å². The highest BCUT2D eigenvalue weighted by Gasteiger charge is 2.18. The largest absolute Gasteiger partial charge is 0.457 e. The first-order chi connectivity index (χ1) is 9.76. The summed E-state index contributed by atoms with van der Waals surface area (Å²) in [6, 6.07) is 2.24. The summed E-state index contributed by atoms with van der Waals surface area (Å²) in [5, 5.41) is 3.58. The Morgan fingerprint density at radius 1 is 1.40 bits per heavy atom. The number of halogens is 1. The summed E-state index contributed by atoms with van der Waals surface area (Å²) in [7, 11) is 0. The lowest BCUT2D eigenvalue weighted by Gasteiger charge is -2.18. The SMILES string of the molecule is CCCNC(Cc1nccn1CCC)c1ccoc1Br. The van der Waals surface area contributed by atoms with E-state index in [1.54, 1.807) is 6.26 Å². The third kappa shape index (κ3) is 3.73. The van der Waals surface area contributed by atoms with Gasteiger partial charge in [-0.3, -0.25) is 0 Å². The van der Waals surface area contributed by atoms with Gasteiger partial charge in [0.25, 0.3) is 0 Å². The second kappa shape index (κ2) is 7.64. The molecule has 0 saturated carbocycles. The summed E-state index contributed by atoms with van der Waals surface area (Å²) < 4.78 is 8.41. The number of furan rings is 1. The maximum atomic E-state index is 5.37. The molecule has 20 heavy (non-hydrogen) atoms. The molecule has 0 bridgehead atoms. The summed E-state index contributed by atoms with van der Waals surface area (Å²) in [6.45, 7) is 6.36. The third-order valence-electron chi connectivity index (χ3n) is 3.32. The predicted molar refractivity (Wildman–Crippen MR) is 83.7 cm³/mol. The van der Waals surface area contributed by atoms with E-state index in [2.05, 4.69) is 50.8 Å². The smallest absolute Gasteiger partial charge is 0.173 e. The maximum Gasteiger partial charge on any atom is 0.173 e. The van der Waals surface area contributed by atoms with Gasteiger partial charge >= 0.3 is 0 Å². The molecular formula is C15H22BrN3O. The van der Waals surface area contributed by atoms with Crippen LogP contribution in [0.25, 0.3) is 0 Å². The number of nitrogens with zero attached hydrogens (tertiary/aromatic N) is 2. The second-order valence-electron chi connectivity index (χ2n) is 4.90. The van der Waals surface area contributed by atoms with Crippen LogP contribution in [0.4, 0.5) is 0 Å². The fourth-order valence-corrected chi connectivity index (χ4v) is 2.84. The van der Waals surface area contributed by atoms with Crippen molar-refractivity contribution in [2.75, 3.05) is 6.54 Å². The van der Waals surface area contributed by atoms with E-state index in [0.29, 0.717) is 0 Å². The van der Waals surface area contributed by atoms with Crippen LogP contribution in [0.3, 0.4) is 0 Å². The Bertz CT molecular complexity index is 521. The van der Waals surface area contributed by atoms with Crippen LogP contribution >= 0.6 is 15.9 Å². The third-order valence-corrected chi connectivity index (χ3v) is 3.96. The molecule has 1 N–H and O–H groups in total. The molecule has 4 nitrogen and oxygen atoms in total. The van der Waals surface area contributed by atoms with Crippen LogP contribution in [0.5, 0.6) is 0 Å². The average molecular weight is 340 g/mol. The minimum Gasteiger partial charge on any atom is -0.457 e. The number of rotatable bonds is 8. The van der Waals surface area contributed by atoms with Gasteiger partial charge in [-0.25, -0.2) is 4.98 Å². The van der Waals surface area contributed by atoms with E-state index >= 15 is 0 Å². The fourth-order valence-electron chi connectivity index (χ4n) is 2.32. The van der Waals surface area contributed by atoms with E-state index in [-0.39, 0.29) is 6.04 Å². The zero-order chi connectivity index (χ0) is 14.4. The van der Waals surface area contributed by atoms with Crippen molar-refractivity contribution in [3.05, 3.63) is 40.8 Å². The maximum absolute atomic E-state index is 5.37. The Balaban J connectivity index is 2.15. The van der Waals surface area contributed by atoms with Crippen LogP contribution in [-0.4, -0.2) is 16.1 Å². The van der Waals surface area contributed by atoms with E-state index in [9.17, 15) is 0 Å². The summed E-state index contributed by atoms with van der Waals surface area (Å²) in [4.78, 5) is 4.50. The lowest BCUT2D eigenvalue weighted by molar-refractivity contribution is 0.482. The zero-order valence-corrected chi connectivity index (χ0v) is 13.7. The minimum absolute atomic E-state index is 0.223. The molecule has 2 heterocycles. The Kier molecular flexibility index (Phi) is 5.86. The summed E-state index contributed by atoms with van der Waals surface area (Å²) in [5.41, 5.74) is 1.16. The zero-order valence-electron chi connectivity index (χ0n) is 12.1. The first-order valence-electron chi connectivity index (χ1n) is 7.22. The van der Waals surface area contributed by atoms with Gasteiger partial charge in [0.15, 0.2) is 4.67 Å². The molecule has 0 aliphatic heterocycles. The summed E-state index contributed by atoms with van der Waals surface area (Å²) in [5.74, 6) is 1.12. The topological polar surface area (TPSA) is 43.0 Å². The quantitative estimate of drug-likeness (QED) is 0.792. The monoisotopic (exact) mass is 339 g/mol. The summed E-state index contributed by atoms with van der Waals surface area (Å²) >= 11 is 3.48. The van der Waals surface area contributed by atoms with Crippen LogP contribution < -0.4 is 5.32 Å². The van der Waals surface area contributed by atoms with Crippen LogP contribution in [-0.2, 0) is 13.0 Å². The molecule has 0 aromatic carbocycles. The molecule has 0 amide bonds. The van der Waals surface area contributed by atoms with Crippen LogP contribution in [0.2, 0.25) is 0 Å². The number of hydrogen-bond acceptors (Lipinski definition) is 3. The van der Waals surface area contributed by atoms with E-state index in [4.69, 9.17) is 4.42 Å². The van der Waals surface area contributed by atoms with Gasteiger partial charge in [0.05, 0.1) is 6.26 Å². The lowest BCUT2D eigenvalue weighted by atomic mass is 10.1. The molecule has 0 fully saturated rings. The minimum atomic E-state index is 0.223. The standard InChI is InChI=1S/C15H22BrN3O/c1-3-6-17-13(12-5-10-20-15(12)16)11-14-18-7-9-19(14)8-4-2/h5,7,9-10,13,17H,3-4,6,8,11H2,1-2H3. The van der Waals surface area contributed by atoms with Crippen LogP contribution in [0, 0.1) is 0 Å². The molecule has 110 valence electrons. The van der Waals surface area contributed by atoms with Gasteiger partial charge in [-0.2, -0.15) is 0 Å². The van der Waals surface area contributed by atoms with E-state index in [1.807, 2.05) is 12.3 Å². The van der Waals surface area contributed by atoms with Gasteiger partial charge < -0.3 is 14.3 Å². The molecule has 0 aliphatic carbocycles. The second-order valence-corrected chi connectivity index (χ2v) is 5.62. The number of nitrogens with one attached hydrogen (secondary N) is 1. The highest BCUT2D eigenvalue weighted by atomic mass is 79.9. The average Bonchev–Trinajstić information content (AvgIpc) is 3.04. The number of imidazole rings is 1. The van der Waals surface area contributed by atoms with Gasteiger partial charge in [0, 0.05) is 37.0 Å². The molecule has 0 radical (unpaired) electrons. The highest BCUT2D eigenvalue weighted by Crippen LogP contribution is 2.27. The van der Waals surface area contributed by atoms with Crippen LogP contribution in [0.1, 0.15) is 44.1 Å².